The van der Waals surface area contributed by atoms with Crippen LogP contribution < -0.4 is 0 Å². The average molecular weight is 367 g/mol. The van der Waals surface area contributed by atoms with E-state index in [2.05, 4.69) is 44.1 Å². The molecule has 0 aliphatic rings. The summed E-state index contributed by atoms with van der Waals surface area (Å²) >= 11 is 3.45. The quantitative estimate of drug-likeness (QED) is 0.477. The maximum absolute atomic E-state index is 13.4. The number of aromatic amines is 1. The standard InChI is InChI=1S/C19H12BrFN2/c20-14-9-7-12(8-10-14)16-5-2-6-17-18(16)23-19(22-17)13-3-1-4-15(21)11-13/h1-11H,(H,22,23). The molecule has 23 heavy (non-hydrogen) atoms. The number of fused-ring (bicyclic) bond motifs is 1. The van der Waals surface area contributed by atoms with Crippen LogP contribution >= 0.6 is 15.9 Å². The third-order valence-electron chi connectivity index (χ3n) is 3.77. The number of hydrogen-bond donors (Lipinski definition) is 1. The van der Waals surface area contributed by atoms with Gasteiger partial charge in [0, 0.05) is 15.6 Å². The largest absolute Gasteiger partial charge is 0.337 e. The minimum absolute atomic E-state index is 0.268. The van der Waals surface area contributed by atoms with Gasteiger partial charge in [-0.05, 0) is 35.9 Å². The van der Waals surface area contributed by atoms with Gasteiger partial charge in [-0.2, -0.15) is 0 Å². The summed E-state index contributed by atoms with van der Waals surface area (Å²) in [5.41, 5.74) is 4.74. The van der Waals surface area contributed by atoms with E-state index in [1.54, 1.807) is 6.07 Å². The highest BCUT2D eigenvalue weighted by Gasteiger charge is 2.10. The first-order chi connectivity index (χ1) is 11.2. The molecule has 0 aliphatic heterocycles. The van der Waals surface area contributed by atoms with E-state index >= 15 is 0 Å². The molecular formula is C19H12BrFN2. The van der Waals surface area contributed by atoms with Gasteiger partial charge in [-0.25, -0.2) is 9.37 Å². The van der Waals surface area contributed by atoms with Crippen LogP contribution in [0.5, 0.6) is 0 Å². The van der Waals surface area contributed by atoms with Crippen molar-refractivity contribution in [2.45, 2.75) is 0 Å². The Balaban J connectivity index is 1.89. The van der Waals surface area contributed by atoms with Gasteiger partial charge in [0.05, 0.1) is 11.0 Å². The molecule has 3 aromatic carbocycles. The average Bonchev–Trinajstić information content (AvgIpc) is 3.00. The molecule has 0 aliphatic carbocycles. The molecule has 0 spiro atoms. The maximum Gasteiger partial charge on any atom is 0.138 e. The van der Waals surface area contributed by atoms with Crippen LogP contribution in [0.15, 0.2) is 71.2 Å². The fourth-order valence-corrected chi connectivity index (χ4v) is 2.94. The van der Waals surface area contributed by atoms with Crippen molar-refractivity contribution < 1.29 is 4.39 Å². The second kappa shape index (κ2) is 5.63. The lowest BCUT2D eigenvalue weighted by atomic mass is 10.0. The summed E-state index contributed by atoms with van der Waals surface area (Å²) in [7, 11) is 0. The third-order valence-corrected chi connectivity index (χ3v) is 4.30. The maximum atomic E-state index is 13.4. The molecule has 4 rings (SSSR count). The van der Waals surface area contributed by atoms with Gasteiger partial charge < -0.3 is 4.98 Å². The van der Waals surface area contributed by atoms with E-state index in [9.17, 15) is 4.39 Å². The second-order valence-electron chi connectivity index (χ2n) is 5.30. The molecule has 1 N–H and O–H groups in total. The summed E-state index contributed by atoms with van der Waals surface area (Å²) < 4.78 is 14.5. The summed E-state index contributed by atoms with van der Waals surface area (Å²) in [6, 6.07) is 20.6. The molecule has 112 valence electrons. The Hall–Kier alpha value is -2.46. The lowest BCUT2D eigenvalue weighted by Gasteiger charge is -2.03. The van der Waals surface area contributed by atoms with Gasteiger partial charge in [0.15, 0.2) is 0 Å². The Bertz CT molecular complexity index is 990. The van der Waals surface area contributed by atoms with Crippen LogP contribution in [0.1, 0.15) is 0 Å². The summed E-state index contributed by atoms with van der Waals surface area (Å²) in [5.74, 6) is 0.403. The van der Waals surface area contributed by atoms with Crippen LogP contribution in [0, 0.1) is 5.82 Å². The number of hydrogen-bond acceptors (Lipinski definition) is 1. The molecule has 0 saturated heterocycles. The number of nitrogens with zero attached hydrogens (tertiary/aromatic N) is 1. The Kier molecular flexibility index (Phi) is 3.46. The molecular weight excluding hydrogens is 355 g/mol. The zero-order valence-electron chi connectivity index (χ0n) is 12.1. The van der Waals surface area contributed by atoms with Gasteiger partial charge in [-0.15, -0.1) is 0 Å². The van der Waals surface area contributed by atoms with Gasteiger partial charge in [-0.1, -0.05) is 52.3 Å². The molecule has 4 aromatic rings. The van der Waals surface area contributed by atoms with Crippen LogP contribution in [0.4, 0.5) is 4.39 Å². The minimum Gasteiger partial charge on any atom is -0.337 e. The molecule has 0 radical (unpaired) electrons. The Morgan fingerprint density at radius 3 is 2.43 bits per heavy atom. The first kappa shape index (κ1) is 14.2. The zero-order valence-corrected chi connectivity index (χ0v) is 13.6. The highest BCUT2D eigenvalue weighted by atomic mass is 79.9. The molecule has 4 heteroatoms. The number of nitrogens with one attached hydrogen (secondary N) is 1. The first-order valence-electron chi connectivity index (χ1n) is 7.21. The van der Waals surface area contributed by atoms with Gasteiger partial charge in [0.2, 0.25) is 0 Å². The van der Waals surface area contributed by atoms with Crippen molar-refractivity contribution in [3.05, 3.63) is 77.0 Å². The van der Waals surface area contributed by atoms with Crippen molar-refractivity contribution in [1.82, 2.24) is 9.97 Å². The van der Waals surface area contributed by atoms with E-state index < -0.39 is 0 Å². The van der Waals surface area contributed by atoms with Gasteiger partial charge in [0.25, 0.3) is 0 Å². The minimum atomic E-state index is -0.268. The number of H-pyrrole nitrogens is 1. The second-order valence-corrected chi connectivity index (χ2v) is 6.22. The molecule has 1 heterocycles. The number of aromatic nitrogens is 2. The van der Waals surface area contributed by atoms with Crippen molar-refractivity contribution in [1.29, 1.82) is 0 Å². The highest BCUT2D eigenvalue weighted by Crippen LogP contribution is 2.30. The molecule has 2 nitrogen and oxygen atoms in total. The van der Waals surface area contributed by atoms with Gasteiger partial charge >= 0.3 is 0 Å². The van der Waals surface area contributed by atoms with Gasteiger partial charge in [0.1, 0.15) is 11.6 Å². The van der Waals surface area contributed by atoms with Crippen molar-refractivity contribution in [3.63, 3.8) is 0 Å². The lowest BCUT2D eigenvalue weighted by Crippen LogP contribution is -1.82. The van der Waals surface area contributed by atoms with E-state index in [1.807, 2.05) is 30.3 Å². The summed E-state index contributed by atoms with van der Waals surface area (Å²) in [5, 5.41) is 0. The number of para-hydroxylation sites is 1. The molecule has 0 fully saturated rings. The predicted octanol–water partition coefficient (Wildman–Crippen LogP) is 5.80. The number of imidazole rings is 1. The summed E-state index contributed by atoms with van der Waals surface area (Å²) in [6.45, 7) is 0. The molecule has 0 unspecified atom stereocenters. The lowest BCUT2D eigenvalue weighted by molar-refractivity contribution is 0.628. The fraction of sp³-hybridized carbons (Fsp3) is 0. The first-order valence-corrected chi connectivity index (χ1v) is 8.00. The van der Waals surface area contributed by atoms with E-state index in [0.29, 0.717) is 5.82 Å². The highest BCUT2D eigenvalue weighted by molar-refractivity contribution is 9.10. The summed E-state index contributed by atoms with van der Waals surface area (Å²) in [6.07, 6.45) is 0. The molecule has 0 amide bonds. The number of benzene rings is 3. The van der Waals surface area contributed by atoms with Crippen molar-refractivity contribution in [2.24, 2.45) is 0 Å². The van der Waals surface area contributed by atoms with Crippen LogP contribution in [-0.4, -0.2) is 9.97 Å². The van der Waals surface area contributed by atoms with Crippen molar-refractivity contribution in [2.75, 3.05) is 0 Å². The number of rotatable bonds is 2. The number of halogens is 2. The smallest absolute Gasteiger partial charge is 0.138 e. The Labute approximate surface area is 141 Å². The Morgan fingerprint density at radius 1 is 0.870 bits per heavy atom. The molecule has 0 atom stereocenters. The van der Waals surface area contributed by atoms with Crippen LogP contribution in [0.2, 0.25) is 0 Å². The van der Waals surface area contributed by atoms with Crippen LogP contribution in [0.3, 0.4) is 0 Å². The topological polar surface area (TPSA) is 28.7 Å². The molecule has 0 saturated carbocycles. The van der Waals surface area contributed by atoms with Crippen LogP contribution in [-0.2, 0) is 0 Å². The van der Waals surface area contributed by atoms with Crippen molar-refractivity contribution in [3.8, 4) is 22.5 Å². The normalized spacial score (nSPS) is 11.0. The summed E-state index contributed by atoms with van der Waals surface area (Å²) in [4.78, 5) is 7.93. The third kappa shape index (κ3) is 2.66. The van der Waals surface area contributed by atoms with E-state index in [1.165, 1.54) is 12.1 Å². The monoisotopic (exact) mass is 366 g/mol. The van der Waals surface area contributed by atoms with Crippen molar-refractivity contribution >= 4 is 27.0 Å². The predicted molar refractivity (Wildman–Crippen MR) is 94.6 cm³/mol. The Morgan fingerprint density at radius 2 is 1.65 bits per heavy atom. The van der Waals surface area contributed by atoms with Gasteiger partial charge in [-0.3, -0.25) is 0 Å². The fourth-order valence-electron chi connectivity index (χ4n) is 2.67. The zero-order chi connectivity index (χ0) is 15.8. The SMILES string of the molecule is Fc1cccc(-c2nc3cccc(-c4ccc(Br)cc4)c3[nH]2)c1. The van der Waals surface area contributed by atoms with E-state index in [0.717, 1.165) is 32.2 Å². The van der Waals surface area contributed by atoms with E-state index in [4.69, 9.17) is 0 Å². The molecule has 1 aromatic heterocycles. The molecule has 0 bridgehead atoms. The van der Waals surface area contributed by atoms with Crippen LogP contribution in [0.25, 0.3) is 33.5 Å². The van der Waals surface area contributed by atoms with E-state index in [-0.39, 0.29) is 5.82 Å².